The van der Waals surface area contributed by atoms with E-state index in [2.05, 4.69) is 30.5 Å². The average Bonchev–Trinajstić information content (AvgIpc) is 2.87. The molecule has 2 nitrogen and oxygen atoms in total. The van der Waals surface area contributed by atoms with Crippen LogP contribution in [0, 0.1) is 5.92 Å². The summed E-state index contributed by atoms with van der Waals surface area (Å²) in [6, 6.07) is 4.67. The molecular formula is C12H16ClNOS. The third kappa shape index (κ3) is 2.86. The number of thiophene rings is 1. The number of nitrogens with one attached hydrogen (secondary N) is 1. The van der Waals surface area contributed by atoms with E-state index in [-0.39, 0.29) is 6.61 Å². The third-order valence-electron chi connectivity index (χ3n) is 2.89. The Morgan fingerprint density at radius 3 is 2.94 bits per heavy atom. The van der Waals surface area contributed by atoms with Crippen molar-refractivity contribution >= 4 is 22.9 Å². The van der Waals surface area contributed by atoms with Gasteiger partial charge in [-0.2, -0.15) is 0 Å². The van der Waals surface area contributed by atoms with Gasteiger partial charge in [0.05, 0.1) is 4.34 Å². The van der Waals surface area contributed by atoms with Crippen molar-refractivity contribution < 1.29 is 5.11 Å². The summed E-state index contributed by atoms with van der Waals surface area (Å²) in [7, 11) is 0. The van der Waals surface area contributed by atoms with Crippen LogP contribution < -0.4 is 5.32 Å². The highest BCUT2D eigenvalue weighted by Gasteiger charge is 2.20. The molecule has 0 aliphatic heterocycles. The Kier molecular flexibility index (Phi) is 4.03. The molecule has 2 N–H and O–H groups in total. The molecule has 0 fully saturated rings. The van der Waals surface area contributed by atoms with E-state index in [1.807, 2.05) is 6.07 Å². The average molecular weight is 258 g/mol. The lowest BCUT2D eigenvalue weighted by molar-refractivity contribution is 0.245. The summed E-state index contributed by atoms with van der Waals surface area (Å²) in [5.41, 5.74) is 0. The lowest BCUT2D eigenvalue weighted by Crippen LogP contribution is -2.28. The van der Waals surface area contributed by atoms with Gasteiger partial charge in [-0.1, -0.05) is 23.8 Å². The van der Waals surface area contributed by atoms with Gasteiger partial charge in [-0.3, -0.25) is 0 Å². The van der Waals surface area contributed by atoms with Crippen LogP contribution in [0.15, 0.2) is 24.3 Å². The van der Waals surface area contributed by atoms with Gasteiger partial charge in [-0.25, -0.2) is 0 Å². The molecule has 1 heterocycles. The lowest BCUT2D eigenvalue weighted by atomic mass is 10.1. The third-order valence-corrected chi connectivity index (χ3v) is 4.31. The van der Waals surface area contributed by atoms with Crippen molar-refractivity contribution in [3.05, 3.63) is 33.5 Å². The van der Waals surface area contributed by atoms with Crippen molar-refractivity contribution in [2.24, 2.45) is 5.92 Å². The largest absolute Gasteiger partial charge is 0.396 e. The summed E-state index contributed by atoms with van der Waals surface area (Å²) in [6.07, 6.45) is 5.22. The van der Waals surface area contributed by atoms with Crippen molar-refractivity contribution in [1.29, 1.82) is 0 Å². The first kappa shape index (κ1) is 12.1. The molecule has 4 heteroatoms. The number of aliphatic hydroxyl groups excluding tert-OH is 1. The molecule has 1 aromatic heterocycles. The Morgan fingerprint density at radius 2 is 2.38 bits per heavy atom. The molecule has 0 spiro atoms. The summed E-state index contributed by atoms with van der Waals surface area (Å²) in [5.74, 6) is 0.316. The van der Waals surface area contributed by atoms with Crippen molar-refractivity contribution in [3.63, 3.8) is 0 Å². The van der Waals surface area contributed by atoms with Crippen LogP contribution in [0.1, 0.15) is 24.3 Å². The minimum absolute atomic E-state index is 0.244. The Bertz CT molecular complexity index is 377. The maximum Gasteiger partial charge on any atom is 0.0931 e. The van der Waals surface area contributed by atoms with E-state index in [4.69, 9.17) is 16.7 Å². The minimum Gasteiger partial charge on any atom is -0.396 e. The molecular weight excluding hydrogens is 242 g/mol. The number of hydrogen-bond acceptors (Lipinski definition) is 3. The van der Waals surface area contributed by atoms with Crippen LogP contribution in [0.25, 0.3) is 0 Å². The molecule has 1 unspecified atom stereocenters. The number of aliphatic hydroxyl groups is 1. The van der Waals surface area contributed by atoms with E-state index in [9.17, 15) is 0 Å². The van der Waals surface area contributed by atoms with E-state index < -0.39 is 0 Å². The first-order valence-corrected chi connectivity index (χ1v) is 6.69. The van der Waals surface area contributed by atoms with Crippen LogP contribution in [0.2, 0.25) is 4.34 Å². The molecule has 1 aliphatic rings. The molecule has 3 atom stereocenters. The summed E-state index contributed by atoms with van der Waals surface area (Å²) < 4.78 is 0.832. The Balaban J connectivity index is 1.89. The second-order valence-corrected chi connectivity index (χ2v) is 5.95. The smallest absolute Gasteiger partial charge is 0.0931 e. The molecule has 0 aromatic carbocycles. The SMILES string of the molecule is CC(N[C@@H]1C=C[C@H](CO)C1)c1ccc(Cl)s1. The Morgan fingerprint density at radius 1 is 1.56 bits per heavy atom. The van der Waals surface area contributed by atoms with Crippen LogP contribution >= 0.6 is 22.9 Å². The van der Waals surface area contributed by atoms with Gasteiger partial charge in [-0.05, 0) is 25.5 Å². The van der Waals surface area contributed by atoms with Gasteiger partial charge in [-0.15, -0.1) is 11.3 Å². The summed E-state index contributed by atoms with van der Waals surface area (Å²) in [6.45, 7) is 2.39. The highest BCUT2D eigenvalue weighted by Crippen LogP contribution is 2.28. The number of halogens is 1. The fourth-order valence-electron chi connectivity index (χ4n) is 2.00. The molecule has 16 heavy (non-hydrogen) atoms. The molecule has 1 aliphatic carbocycles. The zero-order chi connectivity index (χ0) is 11.5. The number of rotatable bonds is 4. The number of hydrogen-bond donors (Lipinski definition) is 2. The molecule has 0 bridgehead atoms. The van der Waals surface area contributed by atoms with Crippen LogP contribution in [0.3, 0.4) is 0 Å². The molecule has 2 rings (SSSR count). The Hall–Kier alpha value is -0.350. The van der Waals surface area contributed by atoms with Gasteiger partial charge < -0.3 is 10.4 Å². The van der Waals surface area contributed by atoms with Gasteiger partial charge in [0.15, 0.2) is 0 Å². The second kappa shape index (κ2) is 5.32. The van der Waals surface area contributed by atoms with Crippen molar-refractivity contribution in [2.75, 3.05) is 6.61 Å². The summed E-state index contributed by atoms with van der Waals surface area (Å²) >= 11 is 7.53. The summed E-state index contributed by atoms with van der Waals surface area (Å²) in [5, 5.41) is 12.6. The first-order chi connectivity index (χ1) is 7.69. The van der Waals surface area contributed by atoms with Crippen LogP contribution in [0.5, 0.6) is 0 Å². The topological polar surface area (TPSA) is 32.3 Å². The maximum absolute atomic E-state index is 9.04. The van der Waals surface area contributed by atoms with E-state index >= 15 is 0 Å². The highest BCUT2D eigenvalue weighted by atomic mass is 35.5. The molecule has 1 aromatic rings. The van der Waals surface area contributed by atoms with Crippen LogP contribution in [-0.4, -0.2) is 17.8 Å². The quantitative estimate of drug-likeness (QED) is 0.813. The summed E-state index contributed by atoms with van der Waals surface area (Å²) in [4.78, 5) is 1.26. The van der Waals surface area contributed by atoms with Gasteiger partial charge >= 0.3 is 0 Å². The molecule has 0 saturated carbocycles. The minimum atomic E-state index is 0.244. The van der Waals surface area contributed by atoms with Crippen molar-refractivity contribution in [3.8, 4) is 0 Å². The standard InChI is InChI=1S/C12H16ClNOS/c1-8(11-4-5-12(13)16-11)14-10-3-2-9(6-10)7-15/h2-5,8-10,14-15H,6-7H2,1H3/t8?,9-,10+/m0/s1. The maximum atomic E-state index is 9.04. The van der Waals surface area contributed by atoms with Gasteiger partial charge in [0.2, 0.25) is 0 Å². The molecule has 88 valence electrons. The van der Waals surface area contributed by atoms with Crippen molar-refractivity contribution in [1.82, 2.24) is 5.32 Å². The molecule has 0 amide bonds. The van der Waals surface area contributed by atoms with E-state index in [1.165, 1.54) is 4.88 Å². The van der Waals surface area contributed by atoms with Gasteiger partial charge in [0, 0.05) is 29.5 Å². The molecule has 0 saturated heterocycles. The fourth-order valence-corrected chi connectivity index (χ4v) is 3.07. The Labute approximate surface area is 105 Å². The fraction of sp³-hybridized carbons (Fsp3) is 0.500. The second-order valence-electron chi connectivity index (χ2n) is 4.20. The zero-order valence-electron chi connectivity index (χ0n) is 9.19. The first-order valence-electron chi connectivity index (χ1n) is 5.49. The van der Waals surface area contributed by atoms with Crippen LogP contribution in [0.4, 0.5) is 0 Å². The van der Waals surface area contributed by atoms with Gasteiger partial charge in [0.25, 0.3) is 0 Å². The van der Waals surface area contributed by atoms with Gasteiger partial charge in [0.1, 0.15) is 0 Å². The van der Waals surface area contributed by atoms with E-state index in [0.717, 1.165) is 10.8 Å². The van der Waals surface area contributed by atoms with Crippen LogP contribution in [-0.2, 0) is 0 Å². The predicted molar refractivity (Wildman–Crippen MR) is 69.0 cm³/mol. The predicted octanol–water partition coefficient (Wildman–Crippen LogP) is 2.99. The van der Waals surface area contributed by atoms with E-state index in [1.54, 1.807) is 11.3 Å². The highest BCUT2D eigenvalue weighted by molar-refractivity contribution is 7.16. The van der Waals surface area contributed by atoms with E-state index in [0.29, 0.717) is 18.0 Å². The molecule has 0 radical (unpaired) electrons. The monoisotopic (exact) mass is 257 g/mol. The van der Waals surface area contributed by atoms with Crippen molar-refractivity contribution in [2.45, 2.75) is 25.4 Å². The lowest BCUT2D eigenvalue weighted by Gasteiger charge is -2.18. The zero-order valence-corrected chi connectivity index (χ0v) is 10.8. The normalized spacial score (nSPS) is 26.2.